The van der Waals surface area contributed by atoms with Gasteiger partial charge in [-0.25, -0.2) is 0 Å². The summed E-state index contributed by atoms with van der Waals surface area (Å²) in [5.41, 5.74) is 0.920. The van der Waals surface area contributed by atoms with Crippen LogP contribution < -0.4 is 10.1 Å². The van der Waals surface area contributed by atoms with E-state index >= 15 is 0 Å². The van der Waals surface area contributed by atoms with Crippen molar-refractivity contribution in [2.45, 2.75) is 44.6 Å². The molecule has 1 atom stereocenters. The van der Waals surface area contributed by atoms with Gasteiger partial charge in [-0.2, -0.15) is 0 Å². The number of ether oxygens (including phenoxy) is 2. The topological polar surface area (TPSA) is 47.6 Å². The molecule has 0 aliphatic carbocycles. The summed E-state index contributed by atoms with van der Waals surface area (Å²) < 4.78 is 10.9. The van der Waals surface area contributed by atoms with E-state index < -0.39 is 0 Å². The molecule has 0 saturated carbocycles. The van der Waals surface area contributed by atoms with Gasteiger partial charge >= 0.3 is 0 Å². The Hall–Kier alpha value is -1.55. The first-order valence-corrected chi connectivity index (χ1v) is 7.55. The Morgan fingerprint density at radius 1 is 1.43 bits per heavy atom. The van der Waals surface area contributed by atoms with Crippen LogP contribution in [0, 0.1) is 0 Å². The number of carbonyl (C=O) groups excluding carboxylic acids is 1. The van der Waals surface area contributed by atoms with Gasteiger partial charge in [-0.3, -0.25) is 4.79 Å². The summed E-state index contributed by atoms with van der Waals surface area (Å²) in [5, 5.41) is 3.03. The fourth-order valence-corrected chi connectivity index (χ4v) is 2.70. The molecule has 1 heterocycles. The molecule has 4 nitrogen and oxygen atoms in total. The largest absolute Gasteiger partial charge is 0.496 e. The van der Waals surface area contributed by atoms with Crippen molar-refractivity contribution in [3.8, 4) is 5.75 Å². The molecule has 1 saturated heterocycles. The highest BCUT2D eigenvalue weighted by atomic mass is 16.5. The number of benzene rings is 1. The Bertz CT molecular complexity index is 479. The van der Waals surface area contributed by atoms with Crippen molar-refractivity contribution < 1.29 is 14.3 Å². The summed E-state index contributed by atoms with van der Waals surface area (Å²) in [6, 6.07) is 7.94. The Morgan fingerprint density at radius 3 is 2.86 bits per heavy atom. The van der Waals surface area contributed by atoms with E-state index in [9.17, 15) is 4.79 Å². The lowest BCUT2D eigenvalue weighted by molar-refractivity contribution is -0.123. The van der Waals surface area contributed by atoms with Crippen molar-refractivity contribution in [3.05, 3.63) is 29.8 Å². The second-order valence-corrected chi connectivity index (χ2v) is 6.20. The molecule has 2 rings (SSSR count). The zero-order chi connectivity index (χ0) is 15.3. The van der Waals surface area contributed by atoms with E-state index in [1.807, 2.05) is 24.3 Å². The van der Waals surface area contributed by atoms with E-state index in [-0.39, 0.29) is 17.4 Å². The highest BCUT2D eigenvalue weighted by Gasteiger charge is 2.26. The Balaban J connectivity index is 1.92. The van der Waals surface area contributed by atoms with Crippen LogP contribution >= 0.6 is 0 Å². The lowest BCUT2D eigenvalue weighted by Gasteiger charge is -2.27. The molecule has 1 aromatic carbocycles. The standard InChI is InChI=1S/C17H25NO3/c1-17(2,14-8-4-5-9-15(14)20-3)12-18-16(19)11-13-7-6-10-21-13/h4-5,8-9,13H,6-7,10-12H2,1-3H3,(H,18,19). The maximum absolute atomic E-state index is 12.0. The van der Waals surface area contributed by atoms with Crippen LogP contribution in [0.5, 0.6) is 5.75 Å². The van der Waals surface area contributed by atoms with Gasteiger partial charge in [0.05, 0.1) is 19.6 Å². The summed E-state index contributed by atoms with van der Waals surface area (Å²) in [6.45, 7) is 5.58. The Morgan fingerprint density at radius 2 is 2.19 bits per heavy atom. The zero-order valence-electron chi connectivity index (χ0n) is 13.1. The third kappa shape index (κ3) is 4.21. The van der Waals surface area contributed by atoms with Crippen LogP contribution in [0.1, 0.15) is 38.7 Å². The quantitative estimate of drug-likeness (QED) is 0.876. The van der Waals surface area contributed by atoms with Crippen molar-refractivity contribution in [2.75, 3.05) is 20.3 Å². The molecular weight excluding hydrogens is 266 g/mol. The molecule has 1 unspecified atom stereocenters. The minimum atomic E-state index is -0.182. The van der Waals surface area contributed by atoms with Crippen LogP contribution in [-0.4, -0.2) is 32.3 Å². The highest BCUT2D eigenvalue weighted by molar-refractivity contribution is 5.76. The average Bonchev–Trinajstić information content (AvgIpc) is 2.98. The fraction of sp³-hybridized carbons (Fsp3) is 0.588. The van der Waals surface area contributed by atoms with E-state index in [2.05, 4.69) is 19.2 Å². The Kier molecular flexibility index (Phi) is 5.23. The molecule has 1 aliphatic heterocycles. The number of methoxy groups -OCH3 is 1. The maximum atomic E-state index is 12.0. The van der Waals surface area contributed by atoms with Gasteiger partial charge in [-0.05, 0) is 18.9 Å². The van der Waals surface area contributed by atoms with Crippen molar-refractivity contribution in [1.29, 1.82) is 0 Å². The van der Waals surface area contributed by atoms with Crippen LogP contribution in [-0.2, 0) is 14.9 Å². The zero-order valence-corrected chi connectivity index (χ0v) is 13.1. The predicted octanol–water partition coefficient (Wildman–Crippen LogP) is 2.66. The first-order valence-electron chi connectivity index (χ1n) is 7.55. The lowest BCUT2D eigenvalue weighted by Crippen LogP contribution is -2.38. The lowest BCUT2D eigenvalue weighted by atomic mass is 9.84. The Labute approximate surface area is 126 Å². The van der Waals surface area contributed by atoms with Crippen LogP contribution in [0.3, 0.4) is 0 Å². The maximum Gasteiger partial charge on any atom is 0.222 e. The van der Waals surface area contributed by atoms with Gasteiger partial charge in [0.1, 0.15) is 5.75 Å². The molecule has 21 heavy (non-hydrogen) atoms. The normalized spacial score (nSPS) is 18.5. The van der Waals surface area contributed by atoms with Crippen LogP contribution in [0.2, 0.25) is 0 Å². The molecule has 0 spiro atoms. The first-order chi connectivity index (χ1) is 10.0. The van der Waals surface area contributed by atoms with E-state index in [0.717, 1.165) is 30.8 Å². The van der Waals surface area contributed by atoms with E-state index in [1.54, 1.807) is 7.11 Å². The summed E-state index contributed by atoms with van der Waals surface area (Å²) in [7, 11) is 1.67. The molecule has 1 N–H and O–H groups in total. The van der Waals surface area contributed by atoms with Crippen LogP contribution in [0.15, 0.2) is 24.3 Å². The van der Waals surface area contributed by atoms with Crippen LogP contribution in [0.4, 0.5) is 0 Å². The van der Waals surface area contributed by atoms with Crippen LogP contribution in [0.25, 0.3) is 0 Å². The molecule has 0 bridgehead atoms. The second kappa shape index (κ2) is 6.94. The monoisotopic (exact) mass is 291 g/mol. The molecular formula is C17H25NO3. The molecule has 0 aromatic heterocycles. The van der Waals surface area contributed by atoms with Crippen molar-refractivity contribution >= 4 is 5.91 Å². The van der Waals surface area contributed by atoms with Gasteiger partial charge in [0, 0.05) is 24.1 Å². The van der Waals surface area contributed by atoms with Crippen molar-refractivity contribution in [2.24, 2.45) is 0 Å². The number of nitrogens with one attached hydrogen (secondary N) is 1. The van der Waals surface area contributed by atoms with E-state index in [0.29, 0.717) is 13.0 Å². The van der Waals surface area contributed by atoms with E-state index in [1.165, 1.54) is 0 Å². The average molecular weight is 291 g/mol. The number of rotatable bonds is 6. The fourth-order valence-electron chi connectivity index (χ4n) is 2.70. The smallest absolute Gasteiger partial charge is 0.222 e. The minimum absolute atomic E-state index is 0.0601. The third-order valence-electron chi connectivity index (χ3n) is 4.00. The third-order valence-corrected chi connectivity index (χ3v) is 4.00. The van der Waals surface area contributed by atoms with Gasteiger partial charge in [0.2, 0.25) is 5.91 Å². The van der Waals surface area contributed by atoms with Gasteiger partial charge in [-0.15, -0.1) is 0 Å². The highest BCUT2D eigenvalue weighted by Crippen LogP contribution is 2.30. The van der Waals surface area contributed by atoms with Crippen molar-refractivity contribution in [3.63, 3.8) is 0 Å². The van der Waals surface area contributed by atoms with Crippen molar-refractivity contribution in [1.82, 2.24) is 5.32 Å². The number of carbonyl (C=O) groups is 1. The van der Waals surface area contributed by atoms with Gasteiger partial charge in [0.15, 0.2) is 0 Å². The molecule has 1 fully saturated rings. The molecule has 1 aromatic rings. The van der Waals surface area contributed by atoms with E-state index in [4.69, 9.17) is 9.47 Å². The predicted molar refractivity (Wildman–Crippen MR) is 82.6 cm³/mol. The molecule has 1 amide bonds. The summed E-state index contributed by atoms with van der Waals surface area (Å²) in [4.78, 5) is 12.0. The van der Waals surface area contributed by atoms with Gasteiger partial charge < -0.3 is 14.8 Å². The summed E-state index contributed by atoms with van der Waals surface area (Å²) in [5.74, 6) is 0.917. The number of amides is 1. The van der Waals surface area contributed by atoms with Gasteiger partial charge in [-0.1, -0.05) is 32.0 Å². The molecule has 4 heteroatoms. The molecule has 1 aliphatic rings. The minimum Gasteiger partial charge on any atom is -0.496 e. The number of hydrogen-bond donors (Lipinski definition) is 1. The number of para-hydroxylation sites is 1. The molecule has 116 valence electrons. The molecule has 0 radical (unpaired) electrons. The van der Waals surface area contributed by atoms with Gasteiger partial charge in [0.25, 0.3) is 0 Å². The summed E-state index contributed by atoms with van der Waals surface area (Å²) >= 11 is 0. The summed E-state index contributed by atoms with van der Waals surface area (Å²) in [6.07, 6.45) is 2.61. The SMILES string of the molecule is COc1ccccc1C(C)(C)CNC(=O)CC1CCCO1. The second-order valence-electron chi connectivity index (χ2n) is 6.20. The number of hydrogen-bond acceptors (Lipinski definition) is 3. The first kappa shape index (κ1) is 15.8.